The highest BCUT2D eigenvalue weighted by Crippen LogP contribution is 2.39. The van der Waals surface area contributed by atoms with Crippen LogP contribution in [0.15, 0.2) is 65.7 Å². The van der Waals surface area contributed by atoms with E-state index in [4.69, 9.17) is 32.9 Å². The number of likely N-dealkylation sites (N-methyl/N-ethyl adjacent to an activating group) is 2. The quantitative estimate of drug-likeness (QED) is 0.227. The summed E-state index contributed by atoms with van der Waals surface area (Å²) in [5.74, 6) is -0.777. The Morgan fingerprint density at radius 1 is 0.974 bits per heavy atom. The SMILES string of the molecule is COC(=O)c1ccc2c(C(=Nc3cc(Cl)c(N(C)C(=O)CN(C)C)c(Cl)c3)c3ccccc3)c(O)[nH]c2c1. The van der Waals surface area contributed by atoms with Gasteiger partial charge in [-0.2, -0.15) is 0 Å². The number of hydrogen-bond acceptors (Lipinski definition) is 6. The van der Waals surface area contributed by atoms with E-state index in [0.29, 0.717) is 39.1 Å². The number of benzene rings is 3. The Balaban J connectivity index is 1.86. The zero-order valence-corrected chi connectivity index (χ0v) is 22.8. The molecule has 4 rings (SSSR count). The minimum atomic E-state index is -0.488. The van der Waals surface area contributed by atoms with Gasteiger partial charge in [0.25, 0.3) is 0 Å². The number of aliphatic imine (C=N–C) groups is 1. The van der Waals surface area contributed by atoms with Crippen molar-refractivity contribution in [2.24, 2.45) is 4.99 Å². The normalized spacial score (nSPS) is 11.7. The summed E-state index contributed by atoms with van der Waals surface area (Å²) in [6, 6.07) is 17.5. The number of amides is 1. The zero-order valence-electron chi connectivity index (χ0n) is 21.3. The third-order valence-electron chi connectivity index (χ3n) is 5.89. The van der Waals surface area contributed by atoms with Crippen molar-refractivity contribution in [2.75, 3.05) is 39.7 Å². The van der Waals surface area contributed by atoms with E-state index in [0.717, 1.165) is 5.56 Å². The largest absolute Gasteiger partial charge is 0.494 e. The van der Waals surface area contributed by atoms with Gasteiger partial charge in [-0.15, -0.1) is 0 Å². The minimum Gasteiger partial charge on any atom is -0.494 e. The number of hydrogen-bond donors (Lipinski definition) is 2. The van der Waals surface area contributed by atoms with Crippen LogP contribution < -0.4 is 4.90 Å². The molecule has 0 fully saturated rings. The first-order valence-electron chi connectivity index (χ1n) is 11.6. The number of aromatic nitrogens is 1. The molecule has 4 aromatic rings. The number of carbonyl (C=O) groups is 2. The van der Waals surface area contributed by atoms with E-state index in [-0.39, 0.29) is 28.4 Å². The van der Waals surface area contributed by atoms with Gasteiger partial charge in [0.05, 0.1) is 51.9 Å². The third kappa shape index (κ3) is 5.52. The van der Waals surface area contributed by atoms with Crippen molar-refractivity contribution < 1.29 is 19.4 Å². The molecule has 1 heterocycles. The maximum Gasteiger partial charge on any atom is 0.337 e. The Morgan fingerprint density at radius 3 is 2.24 bits per heavy atom. The number of halogens is 2. The molecular formula is C28H26Cl2N4O4. The number of nitrogens with one attached hydrogen (secondary N) is 1. The molecule has 0 saturated heterocycles. The number of nitrogens with zero attached hydrogens (tertiary/aromatic N) is 3. The lowest BCUT2D eigenvalue weighted by molar-refractivity contribution is -0.118. The third-order valence-corrected chi connectivity index (χ3v) is 6.46. The van der Waals surface area contributed by atoms with Gasteiger partial charge in [0.1, 0.15) is 0 Å². The van der Waals surface area contributed by atoms with E-state index < -0.39 is 5.97 Å². The van der Waals surface area contributed by atoms with Crippen LogP contribution in [0.1, 0.15) is 21.5 Å². The summed E-state index contributed by atoms with van der Waals surface area (Å²) < 4.78 is 4.81. The lowest BCUT2D eigenvalue weighted by atomic mass is 10.00. The molecule has 0 aliphatic carbocycles. The van der Waals surface area contributed by atoms with Gasteiger partial charge >= 0.3 is 5.97 Å². The Morgan fingerprint density at radius 2 is 1.63 bits per heavy atom. The number of H-pyrrole nitrogens is 1. The lowest BCUT2D eigenvalue weighted by Crippen LogP contribution is -2.35. The first-order chi connectivity index (χ1) is 18.1. The second-order valence-electron chi connectivity index (χ2n) is 8.88. The summed E-state index contributed by atoms with van der Waals surface area (Å²) in [6.07, 6.45) is 0. The monoisotopic (exact) mass is 552 g/mol. The number of ether oxygens (including phenoxy) is 1. The van der Waals surface area contributed by atoms with E-state index in [2.05, 4.69) is 4.98 Å². The highest BCUT2D eigenvalue weighted by Gasteiger charge is 2.22. The summed E-state index contributed by atoms with van der Waals surface area (Å²) >= 11 is 13.2. The van der Waals surface area contributed by atoms with Gasteiger partial charge < -0.3 is 24.6 Å². The number of aromatic hydroxyl groups is 1. The van der Waals surface area contributed by atoms with Gasteiger partial charge in [-0.1, -0.05) is 59.6 Å². The molecule has 0 aliphatic rings. The number of aromatic amines is 1. The minimum absolute atomic E-state index is 0.118. The van der Waals surface area contributed by atoms with Crippen LogP contribution >= 0.6 is 23.2 Å². The number of rotatable bonds is 7. The molecule has 38 heavy (non-hydrogen) atoms. The highest BCUT2D eigenvalue weighted by molar-refractivity contribution is 6.40. The summed E-state index contributed by atoms with van der Waals surface area (Å²) in [5, 5.41) is 12.1. The van der Waals surface area contributed by atoms with Gasteiger partial charge in [-0.3, -0.25) is 4.79 Å². The summed E-state index contributed by atoms with van der Waals surface area (Å²) in [5.41, 5.74) is 3.32. The van der Waals surface area contributed by atoms with E-state index in [1.165, 1.54) is 12.0 Å². The number of esters is 1. The van der Waals surface area contributed by atoms with Crippen LogP contribution in [-0.2, 0) is 9.53 Å². The molecule has 0 atom stereocenters. The molecule has 3 aromatic carbocycles. The van der Waals surface area contributed by atoms with E-state index in [1.807, 2.05) is 30.3 Å². The molecule has 0 bridgehead atoms. The highest BCUT2D eigenvalue weighted by atomic mass is 35.5. The number of fused-ring (bicyclic) bond motifs is 1. The first kappa shape index (κ1) is 27.2. The average molecular weight is 553 g/mol. The van der Waals surface area contributed by atoms with E-state index >= 15 is 0 Å². The lowest BCUT2D eigenvalue weighted by Gasteiger charge is -2.22. The van der Waals surface area contributed by atoms with Crippen LogP contribution in [0.4, 0.5) is 11.4 Å². The van der Waals surface area contributed by atoms with Gasteiger partial charge in [0.2, 0.25) is 5.91 Å². The van der Waals surface area contributed by atoms with Crippen LogP contribution in [0.5, 0.6) is 5.88 Å². The molecule has 0 radical (unpaired) electrons. The second kappa shape index (κ2) is 11.3. The van der Waals surface area contributed by atoms with Crippen LogP contribution in [-0.4, -0.2) is 67.4 Å². The van der Waals surface area contributed by atoms with Crippen molar-refractivity contribution in [1.82, 2.24) is 9.88 Å². The smallest absolute Gasteiger partial charge is 0.337 e. The van der Waals surface area contributed by atoms with Crippen LogP contribution in [0.25, 0.3) is 10.9 Å². The molecular weight excluding hydrogens is 527 g/mol. The molecule has 0 aliphatic heterocycles. The van der Waals surface area contributed by atoms with Crippen molar-refractivity contribution in [3.05, 3.63) is 87.4 Å². The fourth-order valence-corrected chi connectivity index (χ4v) is 4.83. The maximum atomic E-state index is 12.6. The molecule has 196 valence electrons. The summed E-state index contributed by atoms with van der Waals surface area (Å²) in [6.45, 7) is 0.193. The molecule has 0 spiro atoms. The van der Waals surface area contributed by atoms with Gasteiger partial charge in [-0.05, 0) is 38.4 Å². The Labute approximate surface area is 230 Å². The zero-order chi connectivity index (χ0) is 27.6. The molecule has 0 saturated carbocycles. The molecule has 1 aromatic heterocycles. The van der Waals surface area contributed by atoms with Gasteiger partial charge in [0.15, 0.2) is 5.88 Å². The first-order valence-corrected chi connectivity index (χ1v) is 12.3. The number of carbonyl (C=O) groups excluding carboxylic acids is 2. The van der Waals surface area contributed by atoms with E-state index in [9.17, 15) is 14.7 Å². The fraction of sp³-hybridized carbons (Fsp3) is 0.179. The van der Waals surface area contributed by atoms with Crippen molar-refractivity contribution in [3.8, 4) is 5.88 Å². The summed E-state index contributed by atoms with van der Waals surface area (Å²) in [4.78, 5) is 35.5. The van der Waals surface area contributed by atoms with Crippen LogP contribution in [0.3, 0.4) is 0 Å². The van der Waals surface area contributed by atoms with Crippen molar-refractivity contribution in [3.63, 3.8) is 0 Å². The van der Waals surface area contributed by atoms with Crippen molar-refractivity contribution in [1.29, 1.82) is 0 Å². The van der Waals surface area contributed by atoms with Crippen LogP contribution in [0.2, 0.25) is 10.0 Å². The summed E-state index contributed by atoms with van der Waals surface area (Å²) in [7, 11) is 6.52. The molecule has 8 nitrogen and oxygen atoms in total. The number of anilines is 1. The molecule has 2 N–H and O–H groups in total. The predicted molar refractivity (Wildman–Crippen MR) is 151 cm³/mol. The average Bonchev–Trinajstić information content (AvgIpc) is 3.21. The Kier molecular flexibility index (Phi) is 8.06. The van der Waals surface area contributed by atoms with Crippen molar-refractivity contribution >= 4 is 63.1 Å². The topological polar surface area (TPSA) is 98.2 Å². The van der Waals surface area contributed by atoms with E-state index in [1.54, 1.807) is 56.4 Å². The fourth-order valence-electron chi connectivity index (χ4n) is 4.10. The number of methoxy groups -OCH3 is 1. The van der Waals surface area contributed by atoms with Crippen molar-refractivity contribution in [2.45, 2.75) is 0 Å². The Bertz CT molecular complexity index is 1520. The van der Waals surface area contributed by atoms with Crippen LogP contribution in [0, 0.1) is 0 Å². The standard InChI is InChI=1S/C28H26Cl2N4O4/c1-33(2)15-23(35)34(3)26-20(29)13-18(14-21(26)30)31-25(16-8-6-5-7-9-16)24-19-11-10-17(28(37)38-4)12-22(19)32-27(24)36/h5-14,32,36H,15H2,1-4H3. The van der Waals surface area contributed by atoms with Gasteiger partial charge in [0, 0.05) is 23.5 Å². The Hall–Kier alpha value is -3.85. The predicted octanol–water partition coefficient (Wildman–Crippen LogP) is 5.66. The maximum absolute atomic E-state index is 12.6. The molecule has 0 unspecified atom stereocenters. The second-order valence-corrected chi connectivity index (χ2v) is 9.69. The van der Waals surface area contributed by atoms with Gasteiger partial charge in [-0.25, -0.2) is 9.79 Å². The molecule has 1 amide bonds. The molecule has 10 heteroatoms.